The lowest BCUT2D eigenvalue weighted by Gasteiger charge is -2.22. The Morgan fingerprint density at radius 2 is 1.83 bits per heavy atom. The highest BCUT2D eigenvalue weighted by Gasteiger charge is 2.33. The summed E-state index contributed by atoms with van der Waals surface area (Å²) in [6, 6.07) is 17.6. The molecule has 0 saturated carbocycles. The number of thioether (sulfide) groups is 1. The summed E-state index contributed by atoms with van der Waals surface area (Å²) in [6.45, 7) is 5.89. The summed E-state index contributed by atoms with van der Waals surface area (Å²) < 4.78 is 48.6. The zero-order chi connectivity index (χ0) is 32.8. The zero-order valence-corrected chi connectivity index (χ0v) is 26.1. The highest BCUT2D eigenvalue weighted by molar-refractivity contribution is 8.15. The third kappa shape index (κ3) is 8.44. The maximum Gasteiger partial charge on any atom is 0.573 e. The number of carbonyl (C=O) groups is 2. The molecule has 1 aliphatic heterocycles. The maximum atomic E-state index is 12.9. The van der Waals surface area contributed by atoms with Crippen LogP contribution in [-0.2, 0) is 17.6 Å². The molecule has 14 heteroatoms. The molecule has 0 bridgehead atoms. The number of halogens is 3. The van der Waals surface area contributed by atoms with Gasteiger partial charge in [0.15, 0.2) is 11.0 Å². The van der Waals surface area contributed by atoms with Gasteiger partial charge in [0.05, 0.1) is 23.2 Å². The Morgan fingerprint density at radius 3 is 2.52 bits per heavy atom. The van der Waals surface area contributed by atoms with E-state index < -0.39 is 12.4 Å². The van der Waals surface area contributed by atoms with Gasteiger partial charge in [-0.25, -0.2) is 14.5 Å². The minimum atomic E-state index is -4.76. The van der Waals surface area contributed by atoms with E-state index >= 15 is 0 Å². The molecule has 1 N–H and O–H groups in total. The van der Waals surface area contributed by atoms with Gasteiger partial charge < -0.3 is 14.8 Å². The van der Waals surface area contributed by atoms with E-state index in [0.717, 1.165) is 17.5 Å². The third-order valence-corrected chi connectivity index (χ3v) is 7.86. The fourth-order valence-corrected chi connectivity index (χ4v) is 5.33. The first-order valence-corrected chi connectivity index (χ1v) is 15.4. The van der Waals surface area contributed by atoms with E-state index in [1.807, 2.05) is 51.1 Å². The number of hydrogen-bond acceptors (Lipinski definition) is 7. The molecule has 1 fully saturated rings. The summed E-state index contributed by atoms with van der Waals surface area (Å²) in [4.78, 5) is 35.6. The van der Waals surface area contributed by atoms with Crippen LogP contribution in [0.25, 0.3) is 5.69 Å². The first-order valence-electron chi connectivity index (χ1n) is 14.5. The molecule has 3 amide bonds. The summed E-state index contributed by atoms with van der Waals surface area (Å²) in [5, 5.41) is 7.43. The zero-order valence-electron chi connectivity index (χ0n) is 25.2. The Kier molecular flexibility index (Phi) is 9.95. The summed E-state index contributed by atoms with van der Waals surface area (Å²) in [5.41, 5.74) is 3.55. The van der Waals surface area contributed by atoms with E-state index in [-0.39, 0.29) is 28.7 Å². The van der Waals surface area contributed by atoms with E-state index in [4.69, 9.17) is 4.74 Å². The van der Waals surface area contributed by atoms with Gasteiger partial charge in [-0.05, 0) is 86.3 Å². The van der Waals surface area contributed by atoms with Crippen LogP contribution in [0, 0.1) is 6.92 Å². The van der Waals surface area contributed by atoms with Crippen LogP contribution in [-0.4, -0.2) is 50.1 Å². The van der Waals surface area contributed by atoms with Gasteiger partial charge in [0.25, 0.3) is 0 Å². The van der Waals surface area contributed by atoms with Crippen molar-refractivity contribution in [1.82, 2.24) is 14.8 Å². The van der Waals surface area contributed by atoms with Crippen molar-refractivity contribution >= 4 is 40.2 Å². The summed E-state index contributed by atoms with van der Waals surface area (Å²) in [7, 11) is 0. The van der Waals surface area contributed by atoms with E-state index in [1.165, 1.54) is 51.9 Å². The molecule has 0 spiro atoms. The fourth-order valence-electron chi connectivity index (χ4n) is 4.47. The van der Waals surface area contributed by atoms with Crippen LogP contribution < -0.4 is 19.7 Å². The molecule has 0 aliphatic carbocycles. The Morgan fingerprint density at radius 1 is 1.09 bits per heavy atom. The number of amides is 3. The Bertz CT molecular complexity index is 1730. The normalized spacial score (nSPS) is 14.9. The average molecular weight is 653 g/mol. The van der Waals surface area contributed by atoms with Crippen molar-refractivity contribution in [2.75, 3.05) is 16.0 Å². The van der Waals surface area contributed by atoms with Gasteiger partial charge in [-0.3, -0.25) is 9.69 Å². The molecule has 240 valence electrons. The van der Waals surface area contributed by atoms with Crippen molar-refractivity contribution < 1.29 is 32.2 Å². The number of aryl methyl sites for hydroxylation is 3. The van der Waals surface area contributed by atoms with Crippen molar-refractivity contribution in [3.63, 3.8) is 0 Å². The minimum Gasteiger partial charge on any atom is -0.489 e. The lowest BCUT2D eigenvalue weighted by molar-refractivity contribution is -0.274. The molecule has 46 heavy (non-hydrogen) atoms. The van der Waals surface area contributed by atoms with Crippen LogP contribution in [0.5, 0.6) is 11.5 Å². The lowest BCUT2D eigenvalue weighted by Crippen LogP contribution is -2.31. The minimum absolute atomic E-state index is 0.0525. The number of anilines is 2. The highest BCUT2D eigenvalue weighted by Crippen LogP contribution is 2.36. The first kappa shape index (κ1) is 32.5. The van der Waals surface area contributed by atoms with Crippen LogP contribution >= 0.6 is 11.8 Å². The van der Waals surface area contributed by atoms with Crippen molar-refractivity contribution in [2.24, 2.45) is 4.99 Å². The first-order chi connectivity index (χ1) is 22.0. The van der Waals surface area contributed by atoms with Crippen LogP contribution in [0.2, 0.25) is 0 Å². The largest absolute Gasteiger partial charge is 0.573 e. The molecule has 1 aliphatic rings. The molecular formula is C32H31F3N6O4S. The number of nitrogens with zero attached hydrogens (tertiary/aromatic N) is 5. The van der Waals surface area contributed by atoms with Gasteiger partial charge in [-0.1, -0.05) is 36.9 Å². The second kappa shape index (κ2) is 14.1. The van der Waals surface area contributed by atoms with Crippen molar-refractivity contribution in [3.8, 4) is 17.2 Å². The monoisotopic (exact) mass is 652 g/mol. The van der Waals surface area contributed by atoms with Gasteiger partial charge in [0.1, 0.15) is 17.8 Å². The molecule has 1 unspecified atom stereocenters. The number of alkyl halides is 3. The van der Waals surface area contributed by atoms with Gasteiger partial charge >= 0.3 is 12.4 Å². The highest BCUT2D eigenvalue weighted by atomic mass is 32.2. The molecule has 5 rings (SSSR count). The number of urea groups is 1. The smallest absolute Gasteiger partial charge is 0.489 e. The summed E-state index contributed by atoms with van der Waals surface area (Å²) in [5.74, 6) is 0.765. The molecule has 4 aromatic rings. The molecule has 10 nitrogen and oxygen atoms in total. The van der Waals surface area contributed by atoms with Gasteiger partial charge in [0.2, 0.25) is 5.91 Å². The number of aromatic nitrogens is 3. The Hall–Kier alpha value is -4.85. The molecule has 1 atom stereocenters. The predicted octanol–water partition coefficient (Wildman–Crippen LogP) is 7.10. The fraction of sp³-hybridized carbons (Fsp3) is 0.281. The quantitative estimate of drug-likeness (QED) is 0.195. The van der Waals surface area contributed by atoms with E-state index in [2.05, 4.69) is 25.1 Å². The number of amidine groups is 1. The van der Waals surface area contributed by atoms with E-state index in [9.17, 15) is 22.8 Å². The topological polar surface area (TPSA) is 111 Å². The predicted molar refractivity (Wildman–Crippen MR) is 170 cm³/mol. The third-order valence-electron chi connectivity index (χ3n) is 6.94. The van der Waals surface area contributed by atoms with Crippen molar-refractivity contribution in [2.45, 2.75) is 52.5 Å². The molecular weight excluding hydrogens is 621 g/mol. The number of ether oxygens (including phenoxy) is 2. The number of carbonyl (C=O) groups excluding carboxylic acids is 2. The van der Waals surface area contributed by atoms with Crippen molar-refractivity contribution in [3.05, 3.63) is 90.0 Å². The van der Waals surface area contributed by atoms with E-state index in [0.29, 0.717) is 41.5 Å². The van der Waals surface area contributed by atoms with Crippen LogP contribution in [0.3, 0.4) is 0 Å². The molecule has 2 heterocycles. The number of hydrogen-bond donors (Lipinski definition) is 1. The SMILES string of the molecule is CCC(C)Oc1ccc(C)cc1N1C(=O)CS/C1=N\C(=O)Nc1ccc(CCc2ncn(-c3ccc(OC(F)(F)F)cc3)n2)cc1. The summed E-state index contributed by atoms with van der Waals surface area (Å²) in [6.07, 6.45) is -1.39. The standard InChI is InChI=1S/C32H31F3N6O4S/c1-4-21(3)44-27-15-5-20(2)17-26(27)41-29(42)18-46-31(41)38-30(43)37-23-9-6-22(7-10-23)8-16-28-36-19-40(39-28)24-11-13-25(14-12-24)45-32(33,34)35/h5-7,9-15,17,19,21H,4,8,16,18H2,1-3H3,(H,37,43)/b38-31-. The van der Waals surface area contributed by atoms with Gasteiger partial charge in [-0.2, -0.15) is 10.1 Å². The number of aliphatic imine (C=N–C) groups is 1. The van der Waals surface area contributed by atoms with Crippen LogP contribution in [0.1, 0.15) is 37.2 Å². The Balaban J connectivity index is 1.18. The molecule has 0 radical (unpaired) electrons. The molecule has 1 saturated heterocycles. The maximum absolute atomic E-state index is 12.9. The van der Waals surface area contributed by atoms with Gasteiger partial charge in [-0.15, -0.1) is 13.2 Å². The Labute approximate surface area is 267 Å². The number of benzene rings is 3. The van der Waals surface area contributed by atoms with Gasteiger partial charge in [0, 0.05) is 12.1 Å². The summed E-state index contributed by atoms with van der Waals surface area (Å²) >= 11 is 1.19. The number of nitrogens with one attached hydrogen (secondary N) is 1. The second-order valence-electron chi connectivity index (χ2n) is 10.5. The number of rotatable bonds is 10. The molecule has 3 aromatic carbocycles. The average Bonchev–Trinajstić information content (AvgIpc) is 3.63. The van der Waals surface area contributed by atoms with Crippen LogP contribution in [0.15, 0.2) is 78.0 Å². The lowest BCUT2D eigenvalue weighted by atomic mass is 10.1. The molecule has 1 aromatic heterocycles. The van der Waals surface area contributed by atoms with E-state index in [1.54, 1.807) is 12.1 Å². The second-order valence-corrected chi connectivity index (χ2v) is 11.4. The van der Waals surface area contributed by atoms with Crippen molar-refractivity contribution in [1.29, 1.82) is 0 Å². The van der Waals surface area contributed by atoms with Crippen LogP contribution in [0.4, 0.5) is 29.3 Å².